The van der Waals surface area contributed by atoms with Gasteiger partial charge in [-0.05, 0) is 54.7 Å². The monoisotopic (exact) mass is 309 g/mol. The van der Waals surface area contributed by atoms with Crippen LogP contribution in [0.15, 0.2) is 24.3 Å². The minimum Gasteiger partial charge on any atom is -0.478 e. The fourth-order valence-corrected chi connectivity index (χ4v) is 4.13. The highest BCUT2D eigenvalue weighted by atomic mass is 32.2. The predicted octanol–water partition coefficient (Wildman–Crippen LogP) is 1.99. The maximum Gasteiger partial charge on any atom is 0.335 e. The molecule has 0 radical (unpaired) electrons. The van der Waals surface area contributed by atoms with E-state index in [4.69, 9.17) is 5.11 Å². The molecule has 5 nitrogen and oxygen atoms in total. The third-order valence-corrected chi connectivity index (χ3v) is 5.81. The molecule has 0 heterocycles. The number of carboxylic acid groups (broad SMARTS) is 1. The molecule has 0 amide bonds. The SMILES string of the molecule is O=C(O)c1cccc(CS(=O)(=O)NCC2(C3CC3)CC2)c1. The highest BCUT2D eigenvalue weighted by Gasteiger charge is 2.53. The Bertz CT molecular complexity index is 660. The Morgan fingerprint density at radius 2 is 2.05 bits per heavy atom. The third kappa shape index (κ3) is 3.44. The first kappa shape index (κ1) is 14.5. The first-order valence-corrected chi connectivity index (χ1v) is 8.85. The summed E-state index contributed by atoms with van der Waals surface area (Å²) in [6.45, 7) is 0.526. The molecule has 0 unspecified atom stereocenters. The molecule has 0 atom stereocenters. The van der Waals surface area contributed by atoms with Gasteiger partial charge < -0.3 is 5.11 Å². The summed E-state index contributed by atoms with van der Waals surface area (Å²) in [5.41, 5.74) is 0.828. The zero-order chi connectivity index (χ0) is 15.1. The Balaban J connectivity index is 1.63. The van der Waals surface area contributed by atoms with Crippen molar-refractivity contribution in [2.45, 2.75) is 31.4 Å². The molecule has 2 saturated carbocycles. The van der Waals surface area contributed by atoms with Crippen molar-refractivity contribution in [1.29, 1.82) is 0 Å². The standard InChI is InChI=1S/C15H19NO4S/c17-14(18)12-3-1-2-11(8-12)9-21(19,20)16-10-15(6-7-15)13-4-5-13/h1-3,8,13,16H,4-7,9-10H2,(H,17,18). The minimum atomic E-state index is -3.42. The second-order valence-corrected chi connectivity index (χ2v) is 8.03. The van der Waals surface area contributed by atoms with Gasteiger partial charge in [-0.1, -0.05) is 12.1 Å². The average Bonchev–Trinajstić information content (AvgIpc) is 3.28. The molecule has 2 N–H and O–H groups in total. The van der Waals surface area contributed by atoms with Gasteiger partial charge in [0.05, 0.1) is 11.3 Å². The number of hydrogen-bond donors (Lipinski definition) is 2. The lowest BCUT2D eigenvalue weighted by molar-refractivity contribution is 0.0696. The molecule has 2 aliphatic rings. The molecule has 21 heavy (non-hydrogen) atoms. The lowest BCUT2D eigenvalue weighted by Gasteiger charge is -2.15. The van der Waals surface area contributed by atoms with Crippen LogP contribution in [0.1, 0.15) is 41.6 Å². The molecule has 3 rings (SSSR count). The van der Waals surface area contributed by atoms with Crippen LogP contribution in [0.2, 0.25) is 0 Å². The summed E-state index contributed by atoms with van der Waals surface area (Å²) >= 11 is 0. The Hall–Kier alpha value is -1.40. The highest BCUT2D eigenvalue weighted by molar-refractivity contribution is 7.88. The average molecular weight is 309 g/mol. The number of carboxylic acids is 1. The summed E-state index contributed by atoms with van der Waals surface area (Å²) < 4.78 is 27.0. The van der Waals surface area contributed by atoms with Gasteiger partial charge in [0.15, 0.2) is 0 Å². The largest absolute Gasteiger partial charge is 0.478 e. The molecule has 6 heteroatoms. The van der Waals surface area contributed by atoms with Crippen LogP contribution in [0.25, 0.3) is 0 Å². The van der Waals surface area contributed by atoms with E-state index >= 15 is 0 Å². The van der Waals surface area contributed by atoms with Gasteiger partial charge in [0.1, 0.15) is 0 Å². The van der Waals surface area contributed by atoms with Crippen molar-refractivity contribution in [1.82, 2.24) is 4.72 Å². The van der Waals surface area contributed by atoms with E-state index in [-0.39, 0.29) is 16.7 Å². The van der Waals surface area contributed by atoms with E-state index in [1.165, 1.54) is 25.0 Å². The fourth-order valence-electron chi connectivity index (χ4n) is 2.90. The van der Waals surface area contributed by atoms with Crippen molar-refractivity contribution < 1.29 is 18.3 Å². The van der Waals surface area contributed by atoms with Crippen LogP contribution >= 0.6 is 0 Å². The number of benzene rings is 1. The number of nitrogens with one attached hydrogen (secondary N) is 1. The van der Waals surface area contributed by atoms with Gasteiger partial charge in [-0.3, -0.25) is 0 Å². The van der Waals surface area contributed by atoms with Gasteiger partial charge in [0.2, 0.25) is 10.0 Å². The van der Waals surface area contributed by atoms with Crippen LogP contribution < -0.4 is 4.72 Å². The summed E-state index contributed by atoms with van der Waals surface area (Å²) in [7, 11) is -3.42. The third-order valence-electron chi connectivity index (χ3n) is 4.51. The van der Waals surface area contributed by atoms with Crippen molar-refractivity contribution in [3.05, 3.63) is 35.4 Å². The first-order valence-electron chi connectivity index (χ1n) is 7.20. The topological polar surface area (TPSA) is 83.5 Å². The molecule has 0 saturated heterocycles. The molecule has 114 valence electrons. The summed E-state index contributed by atoms with van der Waals surface area (Å²) in [4.78, 5) is 10.9. The smallest absolute Gasteiger partial charge is 0.335 e. The van der Waals surface area contributed by atoms with Gasteiger partial charge in [0.25, 0.3) is 0 Å². The zero-order valence-electron chi connectivity index (χ0n) is 11.7. The molecular weight excluding hydrogens is 290 g/mol. The van der Waals surface area contributed by atoms with Crippen LogP contribution in [0.4, 0.5) is 0 Å². The van der Waals surface area contributed by atoms with Crippen molar-refractivity contribution in [2.75, 3.05) is 6.54 Å². The van der Waals surface area contributed by atoms with E-state index in [0.717, 1.165) is 12.8 Å². The fraction of sp³-hybridized carbons (Fsp3) is 0.533. The lowest BCUT2D eigenvalue weighted by atomic mass is 10.0. The number of hydrogen-bond acceptors (Lipinski definition) is 3. The van der Waals surface area contributed by atoms with E-state index in [9.17, 15) is 13.2 Å². The predicted molar refractivity (Wildman–Crippen MR) is 78.4 cm³/mol. The Morgan fingerprint density at radius 3 is 2.62 bits per heavy atom. The second kappa shape index (κ2) is 5.10. The van der Waals surface area contributed by atoms with Gasteiger partial charge >= 0.3 is 5.97 Å². The van der Waals surface area contributed by atoms with Crippen LogP contribution in [-0.2, 0) is 15.8 Å². The van der Waals surface area contributed by atoms with Crippen LogP contribution in [-0.4, -0.2) is 26.0 Å². The molecule has 1 aromatic rings. The minimum absolute atomic E-state index is 0.111. The number of aromatic carboxylic acids is 1. The molecular formula is C15H19NO4S. The van der Waals surface area contributed by atoms with Gasteiger partial charge in [-0.2, -0.15) is 0 Å². The van der Waals surface area contributed by atoms with Crippen molar-refractivity contribution >= 4 is 16.0 Å². The second-order valence-electron chi connectivity index (χ2n) is 6.22. The molecule has 2 aliphatic carbocycles. The van der Waals surface area contributed by atoms with Crippen LogP contribution in [0, 0.1) is 11.3 Å². The summed E-state index contributed by atoms with van der Waals surface area (Å²) in [5.74, 6) is -0.516. The Morgan fingerprint density at radius 1 is 1.33 bits per heavy atom. The molecule has 2 fully saturated rings. The van der Waals surface area contributed by atoms with E-state index in [2.05, 4.69) is 4.72 Å². The summed E-state index contributed by atoms with van der Waals surface area (Å²) in [5, 5.41) is 8.93. The van der Waals surface area contributed by atoms with Crippen molar-refractivity contribution in [3.63, 3.8) is 0 Å². The van der Waals surface area contributed by atoms with Crippen molar-refractivity contribution in [2.24, 2.45) is 11.3 Å². The highest BCUT2D eigenvalue weighted by Crippen LogP contribution is 2.60. The van der Waals surface area contributed by atoms with E-state index in [1.807, 2.05) is 0 Å². The van der Waals surface area contributed by atoms with Crippen molar-refractivity contribution in [3.8, 4) is 0 Å². The Kier molecular flexibility index (Phi) is 3.53. The normalized spacial score (nSPS) is 20.2. The number of carbonyl (C=O) groups is 1. The maximum absolute atomic E-state index is 12.1. The molecule has 0 aliphatic heterocycles. The van der Waals surface area contributed by atoms with E-state index < -0.39 is 16.0 Å². The summed E-state index contributed by atoms with van der Waals surface area (Å²) in [6.07, 6.45) is 4.69. The van der Waals surface area contributed by atoms with E-state index in [1.54, 1.807) is 12.1 Å². The van der Waals surface area contributed by atoms with Crippen LogP contribution in [0.3, 0.4) is 0 Å². The van der Waals surface area contributed by atoms with Gasteiger partial charge in [-0.15, -0.1) is 0 Å². The maximum atomic E-state index is 12.1. The van der Waals surface area contributed by atoms with Gasteiger partial charge in [-0.25, -0.2) is 17.9 Å². The lowest BCUT2D eigenvalue weighted by Crippen LogP contribution is -2.32. The molecule has 0 aromatic heterocycles. The molecule has 1 aromatic carbocycles. The Labute approximate surface area is 124 Å². The molecule has 0 bridgehead atoms. The number of rotatable bonds is 7. The summed E-state index contributed by atoms with van der Waals surface area (Å²) in [6, 6.07) is 6.08. The van der Waals surface area contributed by atoms with Gasteiger partial charge in [0, 0.05) is 6.54 Å². The first-order chi connectivity index (χ1) is 9.90. The zero-order valence-corrected chi connectivity index (χ0v) is 12.5. The van der Waals surface area contributed by atoms with E-state index in [0.29, 0.717) is 18.0 Å². The number of sulfonamides is 1. The molecule has 0 spiro atoms. The van der Waals surface area contributed by atoms with Crippen LogP contribution in [0.5, 0.6) is 0 Å². The quantitative estimate of drug-likeness (QED) is 0.807.